The van der Waals surface area contributed by atoms with Crippen molar-refractivity contribution in [3.8, 4) is 5.75 Å². The standard InChI is InChI=1S/C24H36N4O3.HI/c1-6-30-19-9-7-18(8-10-19)24(11-13-29-14-12-24)17-28-22(25-5)27-16-21-26-15-20(31-21)23(2,3)4;/h7-10,15H,6,11-14,16-17H2,1-5H3,(H2,25,27,28);1H. The fourth-order valence-electron chi connectivity index (χ4n) is 3.77. The van der Waals surface area contributed by atoms with Gasteiger partial charge in [-0.2, -0.15) is 0 Å². The Hall–Kier alpha value is -1.81. The van der Waals surface area contributed by atoms with Crippen molar-refractivity contribution in [1.82, 2.24) is 15.6 Å². The van der Waals surface area contributed by atoms with E-state index < -0.39 is 0 Å². The van der Waals surface area contributed by atoms with E-state index in [1.165, 1.54) is 5.56 Å². The normalized spacial score (nSPS) is 16.2. The van der Waals surface area contributed by atoms with Gasteiger partial charge < -0.3 is 24.5 Å². The number of guanidine groups is 1. The van der Waals surface area contributed by atoms with Gasteiger partial charge in [-0.25, -0.2) is 4.98 Å². The van der Waals surface area contributed by atoms with Gasteiger partial charge in [-0.15, -0.1) is 24.0 Å². The van der Waals surface area contributed by atoms with Crippen molar-refractivity contribution < 1.29 is 13.9 Å². The fraction of sp³-hybridized carbons (Fsp3) is 0.583. The quantitative estimate of drug-likeness (QED) is 0.299. The van der Waals surface area contributed by atoms with E-state index in [9.17, 15) is 0 Å². The van der Waals surface area contributed by atoms with Crippen molar-refractivity contribution in [1.29, 1.82) is 0 Å². The molecule has 7 nitrogen and oxygen atoms in total. The molecule has 0 spiro atoms. The van der Waals surface area contributed by atoms with Gasteiger partial charge in [-0.05, 0) is 37.5 Å². The number of benzene rings is 1. The van der Waals surface area contributed by atoms with E-state index >= 15 is 0 Å². The first-order chi connectivity index (χ1) is 14.9. The molecule has 1 aromatic heterocycles. The average Bonchev–Trinajstić information content (AvgIpc) is 3.25. The summed E-state index contributed by atoms with van der Waals surface area (Å²) in [4.78, 5) is 8.76. The number of rotatable bonds is 7. The second-order valence-electron chi connectivity index (χ2n) is 9.00. The van der Waals surface area contributed by atoms with E-state index in [0.29, 0.717) is 19.0 Å². The van der Waals surface area contributed by atoms with Crippen LogP contribution in [-0.2, 0) is 22.1 Å². The zero-order valence-electron chi connectivity index (χ0n) is 19.9. The molecule has 178 valence electrons. The Kier molecular flexibility index (Phi) is 9.82. The predicted molar refractivity (Wildman–Crippen MR) is 138 cm³/mol. The zero-order chi connectivity index (χ0) is 22.3. The third kappa shape index (κ3) is 6.84. The van der Waals surface area contributed by atoms with Gasteiger partial charge in [0.15, 0.2) is 5.96 Å². The lowest BCUT2D eigenvalue weighted by atomic mass is 9.74. The number of ether oxygens (including phenoxy) is 2. The van der Waals surface area contributed by atoms with Gasteiger partial charge in [0.1, 0.15) is 11.5 Å². The first-order valence-corrected chi connectivity index (χ1v) is 11.1. The minimum atomic E-state index is -0.0572. The summed E-state index contributed by atoms with van der Waals surface area (Å²) in [5.41, 5.74) is 1.23. The fourth-order valence-corrected chi connectivity index (χ4v) is 3.77. The van der Waals surface area contributed by atoms with Crippen LogP contribution in [-0.4, -0.2) is 44.4 Å². The molecule has 1 fully saturated rings. The summed E-state index contributed by atoms with van der Waals surface area (Å²) in [6, 6.07) is 8.46. The maximum absolute atomic E-state index is 5.87. The van der Waals surface area contributed by atoms with Crippen LogP contribution in [0.3, 0.4) is 0 Å². The van der Waals surface area contributed by atoms with E-state index in [4.69, 9.17) is 13.9 Å². The van der Waals surface area contributed by atoms with E-state index in [1.54, 1.807) is 13.2 Å². The van der Waals surface area contributed by atoms with Gasteiger partial charge in [0, 0.05) is 37.6 Å². The summed E-state index contributed by atoms with van der Waals surface area (Å²) in [7, 11) is 1.78. The van der Waals surface area contributed by atoms with E-state index in [1.807, 2.05) is 6.92 Å². The number of aromatic nitrogens is 1. The van der Waals surface area contributed by atoms with Gasteiger partial charge in [0.25, 0.3) is 0 Å². The molecule has 0 atom stereocenters. The summed E-state index contributed by atoms with van der Waals surface area (Å²) in [5.74, 6) is 3.16. The highest BCUT2D eigenvalue weighted by molar-refractivity contribution is 14.0. The van der Waals surface area contributed by atoms with Gasteiger partial charge in [0.2, 0.25) is 5.89 Å². The van der Waals surface area contributed by atoms with Crippen LogP contribution >= 0.6 is 24.0 Å². The zero-order valence-corrected chi connectivity index (χ0v) is 22.2. The molecular formula is C24H37IN4O3. The molecule has 0 saturated carbocycles. The maximum atomic E-state index is 5.87. The highest BCUT2D eigenvalue weighted by atomic mass is 127. The lowest BCUT2D eigenvalue weighted by Gasteiger charge is -2.38. The third-order valence-corrected chi connectivity index (χ3v) is 5.75. The number of nitrogens with zero attached hydrogens (tertiary/aromatic N) is 2. The number of aliphatic imine (C=N–C) groups is 1. The van der Waals surface area contributed by atoms with Crippen LogP contribution in [0.25, 0.3) is 0 Å². The molecule has 32 heavy (non-hydrogen) atoms. The Bertz CT molecular complexity index is 853. The number of hydrogen-bond acceptors (Lipinski definition) is 5. The van der Waals surface area contributed by atoms with E-state index in [0.717, 1.165) is 50.1 Å². The second-order valence-corrected chi connectivity index (χ2v) is 9.00. The highest BCUT2D eigenvalue weighted by Crippen LogP contribution is 2.35. The Morgan fingerprint density at radius 1 is 1.16 bits per heavy atom. The highest BCUT2D eigenvalue weighted by Gasteiger charge is 2.34. The van der Waals surface area contributed by atoms with Gasteiger partial charge in [-0.3, -0.25) is 4.99 Å². The van der Waals surface area contributed by atoms with Crippen LogP contribution in [0.5, 0.6) is 5.75 Å². The summed E-state index contributed by atoms with van der Waals surface area (Å²) in [6.45, 7) is 11.8. The largest absolute Gasteiger partial charge is 0.494 e. The van der Waals surface area contributed by atoms with Crippen molar-refractivity contribution in [2.45, 2.75) is 57.9 Å². The summed E-state index contributed by atoms with van der Waals surface area (Å²) in [5, 5.41) is 6.82. The van der Waals surface area contributed by atoms with Crippen LogP contribution < -0.4 is 15.4 Å². The van der Waals surface area contributed by atoms with Crippen LogP contribution in [0.2, 0.25) is 0 Å². The molecule has 8 heteroatoms. The Morgan fingerprint density at radius 3 is 2.41 bits per heavy atom. The lowest BCUT2D eigenvalue weighted by molar-refractivity contribution is 0.0513. The average molecular weight is 556 g/mol. The van der Waals surface area contributed by atoms with Crippen LogP contribution in [0.1, 0.15) is 57.8 Å². The first kappa shape index (κ1) is 26.4. The molecule has 0 bridgehead atoms. The van der Waals surface area contributed by atoms with Crippen LogP contribution in [0.15, 0.2) is 39.9 Å². The number of oxazole rings is 1. The van der Waals surface area contributed by atoms with E-state index in [2.05, 4.69) is 65.6 Å². The SMILES string of the molecule is CCOc1ccc(C2(CNC(=NC)NCc3ncc(C(C)(C)C)o3)CCOCC2)cc1.I. The molecule has 3 rings (SSSR count). The van der Waals surface area contributed by atoms with Gasteiger partial charge >= 0.3 is 0 Å². The van der Waals surface area contributed by atoms with Crippen LogP contribution in [0, 0.1) is 0 Å². The molecule has 1 aliphatic rings. The second kappa shape index (κ2) is 11.9. The molecular weight excluding hydrogens is 519 g/mol. The van der Waals surface area contributed by atoms with Gasteiger partial charge in [-0.1, -0.05) is 32.9 Å². The Morgan fingerprint density at radius 2 is 1.84 bits per heavy atom. The molecule has 0 aliphatic carbocycles. The molecule has 2 heterocycles. The third-order valence-electron chi connectivity index (χ3n) is 5.75. The molecule has 0 amide bonds. The molecule has 1 saturated heterocycles. The van der Waals surface area contributed by atoms with Crippen LogP contribution in [0.4, 0.5) is 0 Å². The van der Waals surface area contributed by atoms with Crippen molar-refractivity contribution in [3.05, 3.63) is 47.7 Å². The van der Waals surface area contributed by atoms with Crippen molar-refractivity contribution >= 4 is 29.9 Å². The monoisotopic (exact) mass is 556 g/mol. The molecule has 1 aliphatic heterocycles. The summed E-state index contributed by atoms with van der Waals surface area (Å²) < 4.78 is 17.1. The molecule has 0 unspecified atom stereocenters. The number of nitrogens with one attached hydrogen (secondary N) is 2. The minimum absolute atomic E-state index is 0. The topological polar surface area (TPSA) is 80.9 Å². The maximum Gasteiger partial charge on any atom is 0.213 e. The lowest BCUT2D eigenvalue weighted by Crippen LogP contribution is -2.47. The number of halogens is 1. The predicted octanol–water partition coefficient (Wildman–Crippen LogP) is 4.40. The Labute approximate surface area is 208 Å². The molecule has 0 radical (unpaired) electrons. The molecule has 1 aromatic carbocycles. The summed E-state index contributed by atoms with van der Waals surface area (Å²) in [6.07, 6.45) is 3.72. The molecule has 2 aromatic rings. The molecule has 2 N–H and O–H groups in total. The summed E-state index contributed by atoms with van der Waals surface area (Å²) >= 11 is 0. The van der Waals surface area contributed by atoms with Crippen molar-refractivity contribution in [2.75, 3.05) is 33.4 Å². The van der Waals surface area contributed by atoms with Crippen molar-refractivity contribution in [2.24, 2.45) is 4.99 Å². The smallest absolute Gasteiger partial charge is 0.213 e. The Balaban J connectivity index is 0.00000363. The number of hydrogen-bond donors (Lipinski definition) is 2. The minimum Gasteiger partial charge on any atom is -0.494 e. The van der Waals surface area contributed by atoms with Gasteiger partial charge in [0.05, 0.1) is 19.3 Å². The first-order valence-electron chi connectivity index (χ1n) is 11.1. The van der Waals surface area contributed by atoms with E-state index in [-0.39, 0.29) is 34.8 Å². The van der Waals surface area contributed by atoms with Crippen molar-refractivity contribution in [3.63, 3.8) is 0 Å².